The number of benzene rings is 2. The Morgan fingerprint density at radius 2 is 1.89 bits per heavy atom. The molecule has 144 valence electrons. The number of nitrogens with zero attached hydrogens (tertiary/aromatic N) is 2. The van der Waals surface area contributed by atoms with Gasteiger partial charge in [-0.2, -0.15) is 5.10 Å². The molecule has 0 spiro atoms. The number of aryl methyl sites for hydroxylation is 1. The van der Waals surface area contributed by atoms with E-state index < -0.39 is 17.9 Å². The van der Waals surface area contributed by atoms with E-state index >= 15 is 0 Å². The van der Waals surface area contributed by atoms with Crippen LogP contribution in [0.25, 0.3) is 16.9 Å². The summed E-state index contributed by atoms with van der Waals surface area (Å²) in [4.78, 5) is 24.1. The fraction of sp³-hybridized carbons (Fsp3) is 0.190. The predicted octanol–water partition coefficient (Wildman–Crippen LogP) is 2.46. The molecule has 0 aliphatic heterocycles. The van der Waals surface area contributed by atoms with E-state index in [0.717, 1.165) is 16.8 Å². The van der Waals surface area contributed by atoms with Crippen molar-refractivity contribution >= 4 is 11.8 Å². The third-order valence-electron chi connectivity index (χ3n) is 4.37. The third kappa shape index (κ3) is 4.03. The second-order valence-electron chi connectivity index (χ2n) is 6.50. The molecule has 0 bridgehead atoms. The van der Waals surface area contributed by atoms with Gasteiger partial charge >= 0.3 is 0 Å². The van der Waals surface area contributed by atoms with Crippen LogP contribution in [0.2, 0.25) is 0 Å². The Bertz CT molecular complexity index is 1010. The molecule has 28 heavy (non-hydrogen) atoms. The molecule has 3 rings (SSSR count). The molecular weight excluding hydrogens is 356 g/mol. The number of amides is 2. The number of rotatable bonds is 6. The average molecular weight is 378 g/mol. The third-order valence-corrected chi connectivity index (χ3v) is 4.37. The van der Waals surface area contributed by atoms with Gasteiger partial charge in [-0.25, -0.2) is 4.68 Å². The van der Waals surface area contributed by atoms with E-state index in [1.807, 2.05) is 49.4 Å². The summed E-state index contributed by atoms with van der Waals surface area (Å²) in [7, 11) is 1.58. The standard InChI is InChI=1S/C21H22N4O3/c1-13-7-9-16(10-8-13)25-12-18(21(27)23-14(2)20(22)26)19(24-25)15-5-4-6-17(11-15)28-3/h4-12,14H,1-3H3,(H2,22,26)(H,23,27). The van der Waals surface area contributed by atoms with Crippen molar-refractivity contribution in [3.05, 3.63) is 65.9 Å². The number of primary amides is 1. The molecule has 1 unspecified atom stereocenters. The molecule has 2 aromatic carbocycles. The topological polar surface area (TPSA) is 99.2 Å². The molecule has 1 atom stereocenters. The van der Waals surface area contributed by atoms with Gasteiger partial charge in [0.05, 0.1) is 18.4 Å². The second kappa shape index (κ2) is 7.96. The van der Waals surface area contributed by atoms with Crippen molar-refractivity contribution in [3.63, 3.8) is 0 Å². The highest BCUT2D eigenvalue weighted by atomic mass is 16.5. The fourth-order valence-corrected chi connectivity index (χ4v) is 2.70. The first kappa shape index (κ1) is 19.2. The van der Waals surface area contributed by atoms with Gasteiger partial charge in [-0.05, 0) is 38.1 Å². The van der Waals surface area contributed by atoms with Gasteiger partial charge in [0, 0.05) is 11.8 Å². The molecule has 3 aromatic rings. The molecule has 3 N–H and O–H groups in total. The first-order valence-corrected chi connectivity index (χ1v) is 8.80. The monoisotopic (exact) mass is 378 g/mol. The van der Waals surface area contributed by atoms with Gasteiger partial charge in [0.25, 0.3) is 5.91 Å². The molecule has 0 aliphatic rings. The van der Waals surface area contributed by atoms with E-state index in [-0.39, 0.29) is 0 Å². The summed E-state index contributed by atoms with van der Waals surface area (Å²) in [6, 6.07) is 14.3. The SMILES string of the molecule is COc1cccc(-c2nn(-c3ccc(C)cc3)cc2C(=O)NC(C)C(N)=O)c1. The van der Waals surface area contributed by atoms with Crippen LogP contribution in [0.1, 0.15) is 22.8 Å². The lowest BCUT2D eigenvalue weighted by Gasteiger charge is -2.10. The molecule has 7 nitrogen and oxygen atoms in total. The highest BCUT2D eigenvalue weighted by molar-refractivity contribution is 6.01. The van der Waals surface area contributed by atoms with Crippen molar-refractivity contribution in [2.75, 3.05) is 7.11 Å². The normalized spacial score (nSPS) is 11.7. The summed E-state index contributed by atoms with van der Waals surface area (Å²) < 4.78 is 6.92. The van der Waals surface area contributed by atoms with E-state index in [9.17, 15) is 9.59 Å². The quantitative estimate of drug-likeness (QED) is 0.688. The van der Waals surface area contributed by atoms with Crippen molar-refractivity contribution in [1.29, 1.82) is 0 Å². The van der Waals surface area contributed by atoms with Gasteiger partial charge in [0.1, 0.15) is 17.5 Å². The van der Waals surface area contributed by atoms with Gasteiger partial charge in [0.15, 0.2) is 0 Å². The largest absolute Gasteiger partial charge is 0.497 e. The zero-order chi connectivity index (χ0) is 20.3. The average Bonchev–Trinajstić information content (AvgIpc) is 3.14. The van der Waals surface area contributed by atoms with Crippen molar-refractivity contribution in [1.82, 2.24) is 15.1 Å². The van der Waals surface area contributed by atoms with Gasteiger partial charge in [0.2, 0.25) is 5.91 Å². The second-order valence-corrected chi connectivity index (χ2v) is 6.50. The molecule has 0 radical (unpaired) electrons. The van der Waals surface area contributed by atoms with Crippen LogP contribution in [0.3, 0.4) is 0 Å². The Labute approximate surface area is 163 Å². The number of nitrogens with two attached hydrogens (primary N) is 1. The van der Waals surface area contributed by atoms with Crippen LogP contribution >= 0.6 is 0 Å². The number of methoxy groups -OCH3 is 1. The minimum Gasteiger partial charge on any atom is -0.497 e. The predicted molar refractivity (Wildman–Crippen MR) is 106 cm³/mol. The van der Waals surface area contributed by atoms with Crippen molar-refractivity contribution in [2.24, 2.45) is 5.73 Å². The molecule has 0 saturated heterocycles. The van der Waals surface area contributed by atoms with E-state index in [1.54, 1.807) is 24.1 Å². The minimum absolute atomic E-state index is 0.335. The Balaban J connectivity index is 2.08. The lowest BCUT2D eigenvalue weighted by molar-refractivity contribution is -0.119. The summed E-state index contributed by atoms with van der Waals surface area (Å²) in [5.74, 6) is -0.385. The van der Waals surface area contributed by atoms with E-state index in [2.05, 4.69) is 10.4 Å². The Morgan fingerprint density at radius 1 is 1.18 bits per heavy atom. The number of ether oxygens (including phenoxy) is 1. The molecule has 1 aromatic heterocycles. The molecule has 0 saturated carbocycles. The van der Waals surface area contributed by atoms with Gasteiger partial charge in [-0.1, -0.05) is 29.8 Å². The maximum Gasteiger partial charge on any atom is 0.255 e. The smallest absolute Gasteiger partial charge is 0.255 e. The van der Waals surface area contributed by atoms with Crippen LogP contribution in [0.4, 0.5) is 0 Å². The van der Waals surface area contributed by atoms with Crippen LogP contribution in [-0.2, 0) is 4.79 Å². The lowest BCUT2D eigenvalue weighted by Crippen LogP contribution is -2.42. The summed E-state index contributed by atoms with van der Waals surface area (Å²) in [6.07, 6.45) is 1.64. The molecule has 0 fully saturated rings. The van der Waals surface area contributed by atoms with Crippen molar-refractivity contribution in [2.45, 2.75) is 19.9 Å². The summed E-state index contributed by atoms with van der Waals surface area (Å²) >= 11 is 0. The first-order valence-electron chi connectivity index (χ1n) is 8.80. The van der Waals surface area contributed by atoms with Crippen LogP contribution in [0.5, 0.6) is 5.75 Å². The lowest BCUT2D eigenvalue weighted by atomic mass is 10.1. The molecular formula is C21H22N4O3. The van der Waals surface area contributed by atoms with Crippen LogP contribution in [0, 0.1) is 6.92 Å². The Morgan fingerprint density at radius 3 is 2.54 bits per heavy atom. The number of hydrogen-bond donors (Lipinski definition) is 2. The summed E-state index contributed by atoms with van der Waals surface area (Å²) in [5.41, 5.74) is 8.75. The van der Waals surface area contributed by atoms with E-state index in [1.165, 1.54) is 6.92 Å². The molecule has 7 heteroatoms. The van der Waals surface area contributed by atoms with E-state index in [4.69, 9.17) is 10.5 Å². The van der Waals surface area contributed by atoms with Gasteiger partial charge in [-0.3, -0.25) is 9.59 Å². The highest BCUT2D eigenvalue weighted by Crippen LogP contribution is 2.27. The number of nitrogens with one attached hydrogen (secondary N) is 1. The van der Waals surface area contributed by atoms with Crippen LogP contribution < -0.4 is 15.8 Å². The van der Waals surface area contributed by atoms with Gasteiger partial charge in [-0.15, -0.1) is 0 Å². The van der Waals surface area contributed by atoms with Crippen molar-refractivity contribution in [3.8, 4) is 22.7 Å². The maximum atomic E-state index is 12.8. The molecule has 1 heterocycles. The zero-order valence-electron chi connectivity index (χ0n) is 16.0. The zero-order valence-corrected chi connectivity index (χ0v) is 16.0. The number of carbonyl (C=O) groups excluding carboxylic acids is 2. The van der Waals surface area contributed by atoms with Crippen LogP contribution in [-0.4, -0.2) is 34.7 Å². The summed E-state index contributed by atoms with van der Waals surface area (Å²) in [5, 5.41) is 7.22. The molecule has 2 amide bonds. The highest BCUT2D eigenvalue weighted by Gasteiger charge is 2.21. The number of aromatic nitrogens is 2. The Hall–Kier alpha value is -3.61. The summed E-state index contributed by atoms with van der Waals surface area (Å²) in [6.45, 7) is 3.54. The first-order chi connectivity index (χ1) is 13.4. The molecule has 0 aliphatic carbocycles. The van der Waals surface area contributed by atoms with E-state index in [0.29, 0.717) is 17.0 Å². The van der Waals surface area contributed by atoms with Crippen LogP contribution in [0.15, 0.2) is 54.7 Å². The number of carbonyl (C=O) groups is 2. The minimum atomic E-state index is -0.798. The Kier molecular flexibility index (Phi) is 5.44. The number of hydrogen-bond acceptors (Lipinski definition) is 4. The van der Waals surface area contributed by atoms with Gasteiger partial charge < -0.3 is 15.8 Å². The maximum absolute atomic E-state index is 12.8. The fourth-order valence-electron chi connectivity index (χ4n) is 2.70. The van der Waals surface area contributed by atoms with Crippen molar-refractivity contribution < 1.29 is 14.3 Å².